The summed E-state index contributed by atoms with van der Waals surface area (Å²) in [5.74, 6) is -0.244. The lowest BCUT2D eigenvalue weighted by atomic mass is 10.1. The maximum atomic E-state index is 12.3. The topological polar surface area (TPSA) is 22.1 Å². The van der Waals surface area contributed by atoms with E-state index in [9.17, 15) is 13.2 Å². The minimum Gasteiger partial charge on any atom is -0.405 e. The average Bonchev–Trinajstić information content (AvgIpc) is 2.38. The van der Waals surface area contributed by atoms with Crippen molar-refractivity contribution in [1.82, 2.24) is 4.98 Å². The van der Waals surface area contributed by atoms with Gasteiger partial charge in [0, 0.05) is 11.8 Å². The Hall–Kier alpha value is -2.04. The van der Waals surface area contributed by atoms with Gasteiger partial charge in [0.15, 0.2) is 0 Å². The molecule has 0 N–H and O–H groups in total. The van der Waals surface area contributed by atoms with E-state index in [1.807, 2.05) is 13.0 Å². The van der Waals surface area contributed by atoms with Gasteiger partial charge in [-0.05, 0) is 30.2 Å². The van der Waals surface area contributed by atoms with Crippen molar-refractivity contribution in [2.75, 3.05) is 0 Å². The molecule has 2 rings (SSSR count). The standard InChI is InChI=1S/C14H12F3NO/c1-2-10-7-8-12(18-9-10)11-5-3-4-6-13(11)19-14(15,16)17/h3-9H,2H2,1H3. The number of aryl methyl sites for hydroxylation is 1. The lowest BCUT2D eigenvalue weighted by Gasteiger charge is -2.12. The third-order valence-corrected chi connectivity index (χ3v) is 2.62. The number of rotatable bonds is 3. The summed E-state index contributed by atoms with van der Waals surface area (Å²) in [6, 6.07) is 9.50. The zero-order valence-electron chi connectivity index (χ0n) is 10.2. The van der Waals surface area contributed by atoms with Crippen molar-refractivity contribution < 1.29 is 17.9 Å². The van der Waals surface area contributed by atoms with Crippen LogP contribution in [0.4, 0.5) is 13.2 Å². The smallest absolute Gasteiger partial charge is 0.405 e. The van der Waals surface area contributed by atoms with Crippen molar-refractivity contribution in [2.45, 2.75) is 19.7 Å². The molecule has 0 atom stereocenters. The molecule has 0 fully saturated rings. The second-order valence-electron chi connectivity index (χ2n) is 3.95. The zero-order chi connectivity index (χ0) is 13.9. The lowest BCUT2D eigenvalue weighted by Crippen LogP contribution is -2.17. The van der Waals surface area contributed by atoms with Gasteiger partial charge in [-0.2, -0.15) is 0 Å². The van der Waals surface area contributed by atoms with Gasteiger partial charge in [-0.1, -0.05) is 25.1 Å². The maximum absolute atomic E-state index is 12.3. The number of hydrogen-bond acceptors (Lipinski definition) is 2. The molecule has 0 aliphatic carbocycles. The van der Waals surface area contributed by atoms with Gasteiger partial charge < -0.3 is 4.74 Å². The molecule has 0 aliphatic rings. The minimum absolute atomic E-state index is 0.244. The third kappa shape index (κ3) is 3.47. The molecule has 100 valence electrons. The highest BCUT2D eigenvalue weighted by molar-refractivity contribution is 5.67. The minimum atomic E-state index is -4.71. The van der Waals surface area contributed by atoms with Crippen molar-refractivity contribution in [2.24, 2.45) is 0 Å². The lowest BCUT2D eigenvalue weighted by molar-refractivity contribution is -0.274. The summed E-state index contributed by atoms with van der Waals surface area (Å²) in [4.78, 5) is 4.16. The molecule has 0 bridgehead atoms. The van der Waals surface area contributed by atoms with E-state index < -0.39 is 6.36 Å². The Balaban J connectivity index is 2.38. The summed E-state index contributed by atoms with van der Waals surface area (Å²) in [6.07, 6.45) is -2.23. The van der Waals surface area contributed by atoms with Gasteiger partial charge in [0.2, 0.25) is 0 Å². The van der Waals surface area contributed by atoms with Gasteiger partial charge in [0.05, 0.1) is 5.69 Å². The largest absolute Gasteiger partial charge is 0.573 e. The first kappa shape index (κ1) is 13.4. The van der Waals surface area contributed by atoms with Gasteiger partial charge in [-0.25, -0.2) is 0 Å². The first-order valence-electron chi connectivity index (χ1n) is 5.79. The van der Waals surface area contributed by atoms with Gasteiger partial charge in [-0.15, -0.1) is 13.2 Å². The van der Waals surface area contributed by atoms with Crippen molar-refractivity contribution in [3.63, 3.8) is 0 Å². The predicted molar refractivity (Wildman–Crippen MR) is 65.7 cm³/mol. The third-order valence-electron chi connectivity index (χ3n) is 2.62. The van der Waals surface area contributed by atoms with Crippen molar-refractivity contribution in [1.29, 1.82) is 0 Å². The number of para-hydroxylation sites is 1. The average molecular weight is 267 g/mol. The van der Waals surface area contributed by atoms with Gasteiger partial charge in [0.25, 0.3) is 0 Å². The fraction of sp³-hybridized carbons (Fsp3) is 0.214. The molecule has 1 aromatic carbocycles. The summed E-state index contributed by atoms with van der Waals surface area (Å²) in [7, 11) is 0. The molecular weight excluding hydrogens is 255 g/mol. The normalized spacial score (nSPS) is 11.4. The molecule has 5 heteroatoms. The fourth-order valence-electron chi connectivity index (χ4n) is 1.68. The van der Waals surface area contributed by atoms with Crippen LogP contribution < -0.4 is 4.74 Å². The molecule has 19 heavy (non-hydrogen) atoms. The summed E-state index contributed by atoms with van der Waals surface area (Å²) in [6.45, 7) is 1.98. The Labute approximate surface area is 108 Å². The van der Waals surface area contributed by atoms with Crippen LogP contribution in [-0.4, -0.2) is 11.3 Å². The van der Waals surface area contributed by atoms with Crippen LogP contribution in [0.1, 0.15) is 12.5 Å². The van der Waals surface area contributed by atoms with E-state index in [2.05, 4.69) is 9.72 Å². The van der Waals surface area contributed by atoms with Gasteiger partial charge >= 0.3 is 6.36 Å². The number of pyridine rings is 1. The van der Waals surface area contributed by atoms with E-state index in [1.54, 1.807) is 24.4 Å². The predicted octanol–water partition coefficient (Wildman–Crippen LogP) is 4.21. The highest BCUT2D eigenvalue weighted by Gasteiger charge is 2.32. The highest BCUT2D eigenvalue weighted by atomic mass is 19.4. The van der Waals surface area contributed by atoms with Crippen LogP contribution in [0.25, 0.3) is 11.3 Å². The monoisotopic (exact) mass is 267 g/mol. The van der Waals surface area contributed by atoms with E-state index in [-0.39, 0.29) is 5.75 Å². The molecule has 0 radical (unpaired) electrons. The number of aromatic nitrogens is 1. The maximum Gasteiger partial charge on any atom is 0.573 e. The molecule has 0 saturated carbocycles. The molecule has 0 saturated heterocycles. The number of ether oxygens (including phenoxy) is 1. The van der Waals surface area contributed by atoms with Crippen LogP contribution >= 0.6 is 0 Å². The van der Waals surface area contributed by atoms with E-state index in [0.29, 0.717) is 11.3 Å². The van der Waals surface area contributed by atoms with Crippen LogP contribution in [0.3, 0.4) is 0 Å². The zero-order valence-corrected chi connectivity index (χ0v) is 10.2. The quantitative estimate of drug-likeness (QED) is 0.831. The molecule has 2 aromatic rings. The molecular formula is C14H12F3NO. The van der Waals surface area contributed by atoms with Crippen LogP contribution in [-0.2, 0) is 6.42 Å². The van der Waals surface area contributed by atoms with E-state index >= 15 is 0 Å². The van der Waals surface area contributed by atoms with E-state index in [4.69, 9.17) is 0 Å². The number of hydrogen-bond donors (Lipinski definition) is 0. The molecule has 0 amide bonds. The number of nitrogens with zero attached hydrogens (tertiary/aromatic N) is 1. The van der Waals surface area contributed by atoms with E-state index in [1.165, 1.54) is 12.1 Å². The second kappa shape index (κ2) is 5.30. The molecule has 0 unspecified atom stereocenters. The summed E-state index contributed by atoms with van der Waals surface area (Å²) >= 11 is 0. The number of alkyl halides is 3. The summed E-state index contributed by atoms with van der Waals surface area (Å²) in [5, 5.41) is 0. The molecule has 0 aliphatic heterocycles. The van der Waals surface area contributed by atoms with Crippen LogP contribution in [0.5, 0.6) is 5.75 Å². The van der Waals surface area contributed by atoms with Crippen LogP contribution in [0.2, 0.25) is 0 Å². The van der Waals surface area contributed by atoms with Crippen molar-refractivity contribution in [3.8, 4) is 17.0 Å². The molecule has 1 heterocycles. The van der Waals surface area contributed by atoms with E-state index in [0.717, 1.165) is 12.0 Å². The van der Waals surface area contributed by atoms with Crippen LogP contribution in [0.15, 0.2) is 42.6 Å². The fourth-order valence-corrected chi connectivity index (χ4v) is 1.68. The Morgan fingerprint density at radius 3 is 2.42 bits per heavy atom. The van der Waals surface area contributed by atoms with Gasteiger partial charge in [0.1, 0.15) is 5.75 Å². The Kier molecular flexibility index (Phi) is 3.74. The second-order valence-corrected chi connectivity index (χ2v) is 3.95. The van der Waals surface area contributed by atoms with Gasteiger partial charge in [-0.3, -0.25) is 4.98 Å². The Morgan fingerprint density at radius 2 is 1.84 bits per heavy atom. The molecule has 2 nitrogen and oxygen atoms in total. The number of benzene rings is 1. The number of halogens is 3. The Bertz CT molecular complexity index is 549. The Morgan fingerprint density at radius 1 is 1.11 bits per heavy atom. The first-order chi connectivity index (χ1) is 8.99. The summed E-state index contributed by atoms with van der Waals surface area (Å²) < 4.78 is 40.9. The molecule has 1 aromatic heterocycles. The SMILES string of the molecule is CCc1ccc(-c2ccccc2OC(F)(F)F)nc1. The summed E-state index contributed by atoms with van der Waals surface area (Å²) in [5.41, 5.74) is 1.80. The van der Waals surface area contributed by atoms with Crippen LogP contribution in [0, 0.1) is 0 Å². The molecule has 0 spiro atoms. The first-order valence-corrected chi connectivity index (χ1v) is 5.79. The highest BCUT2D eigenvalue weighted by Crippen LogP contribution is 2.32. The van der Waals surface area contributed by atoms with Crippen molar-refractivity contribution in [3.05, 3.63) is 48.2 Å². The van der Waals surface area contributed by atoms with Crippen molar-refractivity contribution >= 4 is 0 Å².